The third kappa shape index (κ3) is 2.34. The predicted octanol–water partition coefficient (Wildman–Crippen LogP) is 1.99. The van der Waals surface area contributed by atoms with Gasteiger partial charge in [-0.1, -0.05) is 6.07 Å². The number of amides is 1. The lowest BCUT2D eigenvalue weighted by molar-refractivity contribution is 0.102. The van der Waals surface area contributed by atoms with Crippen LogP contribution in [0.15, 0.2) is 24.3 Å². The first-order valence-corrected chi connectivity index (χ1v) is 5.59. The fraction of sp³-hybridized carbons (Fsp3) is 0.231. The molecule has 0 spiro atoms. The van der Waals surface area contributed by atoms with E-state index in [0.29, 0.717) is 11.4 Å². The van der Waals surface area contributed by atoms with Gasteiger partial charge in [0.05, 0.1) is 0 Å². The van der Waals surface area contributed by atoms with Crippen LogP contribution in [0, 0.1) is 13.8 Å². The number of benzene rings is 1. The molecule has 2 aromatic rings. The number of phenolic OH excluding ortho intramolecular Hbond substituents is 1. The highest BCUT2D eigenvalue weighted by Gasteiger charge is 2.10. The second-order valence-electron chi connectivity index (χ2n) is 4.25. The summed E-state index contributed by atoms with van der Waals surface area (Å²) >= 11 is 0. The van der Waals surface area contributed by atoms with E-state index >= 15 is 0 Å². The number of carbonyl (C=O) groups excluding carboxylic acids is 1. The van der Waals surface area contributed by atoms with E-state index in [1.165, 1.54) is 6.07 Å². The van der Waals surface area contributed by atoms with Crippen molar-refractivity contribution >= 4 is 11.7 Å². The average Bonchev–Trinajstić information content (AvgIpc) is 2.61. The first-order chi connectivity index (χ1) is 8.47. The van der Waals surface area contributed by atoms with Crippen LogP contribution in [0.1, 0.15) is 21.6 Å². The zero-order valence-corrected chi connectivity index (χ0v) is 10.6. The molecule has 2 rings (SSSR count). The molecule has 0 fully saturated rings. The maximum Gasteiger partial charge on any atom is 0.256 e. The Morgan fingerprint density at radius 1 is 1.33 bits per heavy atom. The SMILES string of the molecule is Cc1ccc(C(=O)Nc2cc(C)n(C)n2)cc1O. The van der Waals surface area contributed by atoms with Crippen molar-refractivity contribution in [2.75, 3.05) is 5.32 Å². The van der Waals surface area contributed by atoms with Gasteiger partial charge < -0.3 is 10.4 Å². The number of nitrogens with zero attached hydrogens (tertiary/aromatic N) is 2. The normalized spacial score (nSPS) is 10.4. The Kier molecular flexibility index (Phi) is 3.06. The summed E-state index contributed by atoms with van der Waals surface area (Å²) < 4.78 is 1.68. The van der Waals surface area contributed by atoms with Crippen LogP contribution in [0.2, 0.25) is 0 Å². The molecule has 0 radical (unpaired) electrons. The molecular formula is C13H15N3O2. The molecule has 94 valence electrons. The van der Waals surface area contributed by atoms with Gasteiger partial charge in [0.15, 0.2) is 5.82 Å². The summed E-state index contributed by atoms with van der Waals surface area (Å²) in [4.78, 5) is 11.9. The second-order valence-corrected chi connectivity index (χ2v) is 4.25. The summed E-state index contributed by atoms with van der Waals surface area (Å²) in [6, 6.07) is 6.60. The number of nitrogens with one attached hydrogen (secondary N) is 1. The standard InChI is InChI=1S/C13H15N3O2/c1-8-4-5-10(7-11(8)17)13(18)14-12-6-9(2)16(3)15-12/h4-7,17H,1-3H3,(H,14,15,18). The van der Waals surface area contributed by atoms with E-state index < -0.39 is 0 Å². The number of hydrogen-bond acceptors (Lipinski definition) is 3. The topological polar surface area (TPSA) is 67.2 Å². The van der Waals surface area contributed by atoms with Gasteiger partial charge in [-0.25, -0.2) is 0 Å². The van der Waals surface area contributed by atoms with Gasteiger partial charge >= 0.3 is 0 Å². The minimum Gasteiger partial charge on any atom is -0.508 e. The molecule has 0 bridgehead atoms. The molecule has 0 aliphatic carbocycles. The van der Waals surface area contributed by atoms with Crippen molar-refractivity contribution in [3.8, 4) is 5.75 Å². The average molecular weight is 245 g/mol. The predicted molar refractivity (Wildman–Crippen MR) is 68.7 cm³/mol. The van der Waals surface area contributed by atoms with Crippen LogP contribution in [0.3, 0.4) is 0 Å². The van der Waals surface area contributed by atoms with Gasteiger partial charge in [0, 0.05) is 24.4 Å². The van der Waals surface area contributed by atoms with Gasteiger partial charge in [-0.15, -0.1) is 0 Å². The fourth-order valence-electron chi connectivity index (χ4n) is 1.56. The summed E-state index contributed by atoms with van der Waals surface area (Å²) in [5, 5.41) is 16.4. The molecule has 1 heterocycles. The summed E-state index contributed by atoms with van der Waals surface area (Å²) in [7, 11) is 1.81. The van der Waals surface area contributed by atoms with Gasteiger partial charge in [0.25, 0.3) is 5.91 Å². The molecule has 1 amide bonds. The van der Waals surface area contributed by atoms with E-state index in [1.54, 1.807) is 29.8 Å². The molecule has 5 nitrogen and oxygen atoms in total. The molecule has 0 aliphatic heterocycles. The van der Waals surface area contributed by atoms with Crippen molar-refractivity contribution in [2.24, 2.45) is 7.05 Å². The van der Waals surface area contributed by atoms with Crippen molar-refractivity contribution in [1.29, 1.82) is 0 Å². The number of aromatic hydroxyl groups is 1. The molecule has 1 aromatic carbocycles. The van der Waals surface area contributed by atoms with Crippen molar-refractivity contribution < 1.29 is 9.90 Å². The van der Waals surface area contributed by atoms with E-state index in [2.05, 4.69) is 10.4 Å². The molecule has 1 aromatic heterocycles. The second kappa shape index (κ2) is 4.52. The summed E-state index contributed by atoms with van der Waals surface area (Å²) in [6.07, 6.45) is 0. The van der Waals surface area contributed by atoms with Crippen LogP contribution in [0.25, 0.3) is 0 Å². The fourth-order valence-corrected chi connectivity index (χ4v) is 1.56. The quantitative estimate of drug-likeness (QED) is 0.850. The largest absolute Gasteiger partial charge is 0.508 e. The number of hydrogen-bond donors (Lipinski definition) is 2. The van der Waals surface area contributed by atoms with Crippen LogP contribution in [-0.4, -0.2) is 20.8 Å². The van der Waals surface area contributed by atoms with Crippen molar-refractivity contribution in [2.45, 2.75) is 13.8 Å². The van der Waals surface area contributed by atoms with Gasteiger partial charge in [-0.05, 0) is 31.5 Å². The van der Waals surface area contributed by atoms with Gasteiger partial charge in [0.1, 0.15) is 5.75 Å². The zero-order chi connectivity index (χ0) is 13.3. The first kappa shape index (κ1) is 12.2. The number of aromatic nitrogens is 2. The molecule has 0 saturated heterocycles. The first-order valence-electron chi connectivity index (χ1n) is 5.59. The van der Waals surface area contributed by atoms with Gasteiger partial charge in [-0.3, -0.25) is 9.48 Å². The lowest BCUT2D eigenvalue weighted by Gasteiger charge is -2.04. The highest BCUT2D eigenvalue weighted by atomic mass is 16.3. The van der Waals surface area contributed by atoms with Crippen molar-refractivity contribution in [3.63, 3.8) is 0 Å². The molecule has 2 N–H and O–H groups in total. The lowest BCUT2D eigenvalue weighted by Crippen LogP contribution is -2.12. The molecule has 0 aliphatic rings. The molecule has 18 heavy (non-hydrogen) atoms. The highest BCUT2D eigenvalue weighted by Crippen LogP contribution is 2.18. The Hall–Kier alpha value is -2.30. The van der Waals surface area contributed by atoms with Crippen molar-refractivity contribution in [3.05, 3.63) is 41.1 Å². The zero-order valence-electron chi connectivity index (χ0n) is 10.6. The number of carbonyl (C=O) groups is 1. The van der Waals surface area contributed by atoms with Gasteiger partial charge in [0.2, 0.25) is 0 Å². The van der Waals surface area contributed by atoms with E-state index in [-0.39, 0.29) is 11.7 Å². The monoisotopic (exact) mass is 245 g/mol. The Morgan fingerprint density at radius 2 is 2.06 bits per heavy atom. The Labute approximate surface area is 105 Å². The maximum atomic E-state index is 11.9. The Balaban J connectivity index is 2.19. The van der Waals surface area contributed by atoms with E-state index in [4.69, 9.17) is 0 Å². The van der Waals surface area contributed by atoms with Crippen LogP contribution in [0.4, 0.5) is 5.82 Å². The minimum absolute atomic E-state index is 0.111. The highest BCUT2D eigenvalue weighted by molar-refractivity contribution is 6.04. The summed E-state index contributed by atoms with van der Waals surface area (Å²) in [5.74, 6) is 0.323. The smallest absolute Gasteiger partial charge is 0.256 e. The third-order valence-corrected chi connectivity index (χ3v) is 2.83. The van der Waals surface area contributed by atoms with Crippen LogP contribution in [-0.2, 0) is 7.05 Å². The maximum absolute atomic E-state index is 11.9. The molecule has 5 heteroatoms. The lowest BCUT2D eigenvalue weighted by atomic mass is 10.1. The Morgan fingerprint density at radius 3 is 2.61 bits per heavy atom. The van der Waals surface area contributed by atoms with E-state index in [0.717, 1.165) is 11.3 Å². The number of anilines is 1. The molecule has 0 unspecified atom stereocenters. The molecule has 0 saturated carbocycles. The molecule has 0 atom stereocenters. The van der Waals surface area contributed by atoms with Crippen molar-refractivity contribution in [1.82, 2.24) is 9.78 Å². The minimum atomic E-state index is -0.289. The van der Waals surface area contributed by atoms with Crippen LogP contribution >= 0.6 is 0 Å². The van der Waals surface area contributed by atoms with Crippen LogP contribution < -0.4 is 5.32 Å². The number of rotatable bonds is 2. The number of phenols is 1. The van der Waals surface area contributed by atoms with E-state index in [9.17, 15) is 9.90 Å². The third-order valence-electron chi connectivity index (χ3n) is 2.83. The molecular weight excluding hydrogens is 230 g/mol. The van der Waals surface area contributed by atoms with Gasteiger partial charge in [-0.2, -0.15) is 5.10 Å². The van der Waals surface area contributed by atoms with Crippen LogP contribution in [0.5, 0.6) is 5.75 Å². The number of aryl methyl sites for hydroxylation is 3. The summed E-state index contributed by atoms with van der Waals surface area (Å²) in [5.41, 5.74) is 2.10. The Bertz CT molecular complexity index is 583. The summed E-state index contributed by atoms with van der Waals surface area (Å²) in [6.45, 7) is 3.68. The van der Waals surface area contributed by atoms with E-state index in [1.807, 2.05) is 14.0 Å².